The van der Waals surface area contributed by atoms with Crippen LogP contribution in [0.4, 0.5) is 4.39 Å². The van der Waals surface area contributed by atoms with Crippen molar-refractivity contribution in [2.24, 2.45) is 0 Å². The van der Waals surface area contributed by atoms with Gasteiger partial charge in [-0.3, -0.25) is 9.59 Å². The van der Waals surface area contributed by atoms with Crippen LogP contribution in [0.3, 0.4) is 0 Å². The van der Waals surface area contributed by atoms with Gasteiger partial charge in [0.1, 0.15) is 23.4 Å². The molecular weight excluding hydrogens is 634 g/mol. The molecule has 1 saturated heterocycles. The van der Waals surface area contributed by atoms with Crippen molar-refractivity contribution in [3.05, 3.63) is 58.6 Å². The van der Waals surface area contributed by atoms with Crippen molar-refractivity contribution in [3.63, 3.8) is 0 Å². The van der Waals surface area contributed by atoms with Gasteiger partial charge in [0.25, 0.3) is 0 Å². The SMILES string of the molecule is C.CC1(C)CC(NS(=O)(=O)c2ccc(Cl)cc2)C(=O)O1.CCOC(=O)C(CC(C)(C)F)NS(=O)(=O)c1ccc(Cl)cc1. The Kier molecular flexibility index (Phi) is 13.4. The molecule has 2 aromatic rings. The molecule has 0 amide bonds. The maximum atomic E-state index is 13.8. The van der Waals surface area contributed by atoms with Gasteiger partial charge in [0.2, 0.25) is 20.0 Å². The second kappa shape index (κ2) is 14.9. The van der Waals surface area contributed by atoms with Gasteiger partial charge < -0.3 is 9.47 Å². The van der Waals surface area contributed by atoms with Gasteiger partial charge in [-0.05, 0) is 83.1 Å². The maximum absolute atomic E-state index is 13.8. The number of rotatable bonds is 10. The molecule has 2 atom stereocenters. The highest BCUT2D eigenvalue weighted by atomic mass is 35.5. The average Bonchev–Trinajstić information content (AvgIpc) is 3.09. The molecule has 2 N–H and O–H groups in total. The van der Waals surface area contributed by atoms with Gasteiger partial charge in [-0.15, -0.1) is 0 Å². The lowest BCUT2D eigenvalue weighted by Crippen LogP contribution is -2.44. The molecule has 0 bridgehead atoms. The quantitative estimate of drug-likeness (QED) is 0.335. The Bertz CT molecular complexity index is 1430. The second-order valence-corrected chi connectivity index (χ2v) is 14.6. The summed E-state index contributed by atoms with van der Waals surface area (Å²) in [5, 5.41) is 0.825. The number of carbonyl (C=O) groups is 2. The van der Waals surface area contributed by atoms with Crippen LogP contribution in [0.2, 0.25) is 10.0 Å². The third-order valence-corrected chi connectivity index (χ3v) is 8.94. The summed E-state index contributed by atoms with van der Waals surface area (Å²) in [5.41, 5.74) is -2.38. The van der Waals surface area contributed by atoms with E-state index in [1.165, 1.54) is 62.4 Å². The number of sulfonamides is 2. The fourth-order valence-corrected chi connectivity index (χ4v) is 6.31. The highest BCUT2D eigenvalue weighted by molar-refractivity contribution is 7.89. The third-order valence-electron chi connectivity index (χ3n) is 5.46. The molecule has 1 fully saturated rings. The molecule has 0 aliphatic carbocycles. The Balaban J connectivity index is 0.000000414. The largest absolute Gasteiger partial charge is 0.465 e. The average molecular weight is 672 g/mol. The number of ether oxygens (including phenoxy) is 2. The van der Waals surface area contributed by atoms with Crippen molar-refractivity contribution in [3.8, 4) is 0 Å². The maximum Gasteiger partial charge on any atom is 0.324 e. The topological polar surface area (TPSA) is 145 Å². The summed E-state index contributed by atoms with van der Waals surface area (Å²) < 4.78 is 76.9. The highest BCUT2D eigenvalue weighted by Crippen LogP contribution is 2.27. The van der Waals surface area contributed by atoms with E-state index in [1.54, 1.807) is 20.8 Å². The van der Waals surface area contributed by atoms with E-state index in [9.17, 15) is 30.8 Å². The lowest BCUT2D eigenvalue weighted by molar-refractivity contribution is -0.147. The predicted molar refractivity (Wildman–Crippen MR) is 159 cm³/mol. The number of hydrogen-bond acceptors (Lipinski definition) is 8. The third kappa shape index (κ3) is 11.8. The van der Waals surface area contributed by atoms with Crippen LogP contribution < -0.4 is 9.44 Å². The van der Waals surface area contributed by atoms with Crippen molar-refractivity contribution in [1.82, 2.24) is 9.44 Å². The lowest BCUT2D eigenvalue weighted by Gasteiger charge is -2.22. The summed E-state index contributed by atoms with van der Waals surface area (Å²) in [6.45, 7) is 7.66. The molecule has 1 heterocycles. The normalized spacial score (nSPS) is 17.2. The first-order valence-electron chi connectivity index (χ1n) is 12.4. The van der Waals surface area contributed by atoms with Gasteiger partial charge >= 0.3 is 11.9 Å². The lowest BCUT2D eigenvalue weighted by atomic mass is 10.0. The van der Waals surface area contributed by atoms with E-state index in [0.717, 1.165) is 0 Å². The van der Waals surface area contributed by atoms with E-state index in [1.807, 2.05) is 0 Å². The van der Waals surface area contributed by atoms with Crippen LogP contribution in [-0.4, -0.2) is 58.7 Å². The first-order valence-corrected chi connectivity index (χ1v) is 16.1. The summed E-state index contributed by atoms with van der Waals surface area (Å²) in [6.07, 6.45) is -0.0305. The molecule has 0 aromatic heterocycles. The smallest absolute Gasteiger partial charge is 0.324 e. The number of alkyl halides is 1. The molecule has 15 heteroatoms. The van der Waals surface area contributed by atoms with Crippen LogP contribution in [0, 0.1) is 0 Å². The standard InChI is InChI=1S/C14H19ClFNO4S.C12H14ClNO4S.CH4/c1-4-21-13(18)12(9-14(2,3)16)17-22(19,20)11-7-5-10(15)6-8-11;1-12(2)7-10(11(15)18-12)14-19(16,17)9-5-3-8(13)4-6-9;/h5-8,12,17H,4,9H2,1-3H3;3-6,10,14H,7H2,1-2H3;1H4. The van der Waals surface area contributed by atoms with E-state index in [-0.39, 0.29) is 30.2 Å². The van der Waals surface area contributed by atoms with Crippen molar-refractivity contribution in [2.75, 3.05) is 6.61 Å². The summed E-state index contributed by atoms with van der Waals surface area (Å²) >= 11 is 11.4. The van der Waals surface area contributed by atoms with Crippen molar-refractivity contribution in [1.29, 1.82) is 0 Å². The van der Waals surface area contributed by atoms with Gasteiger partial charge in [-0.1, -0.05) is 30.6 Å². The first kappa shape index (κ1) is 37.7. The number of halogens is 3. The van der Waals surface area contributed by atoms with Gasteiger partial charge in [-0.25, -0.2) is 21.2 Å². The molecule has 2 unspecified atom stereocenters. The molecule has 0 spiro atoms. The fourth-order valence-electron chi connectivity index (χ4n) is 3.69. The zero-order valence-electron chi connectivity index (χ0n) is 23.1. The first-order chi connectivity index (χ1) is 18.7. The molecule has 42 heavy (non-hydrogen) atoms. The molecule has 0 radical (unpaired) electrons. The van der Waals surface area contributed by atoms with Crippen LogP contribution in [-0.2, 0) is 39.1 Å². The minimum absolute atomic E-state index is 0. The van der Waals surface area contributed by atoms with Crippen LogP contribution in [0.25, 0.3) is 0 Å². The molecule has 10 nitrogen and oxygen atoms in total. The van der Waals surface area contributed by atoms with E-state index in [2.05, 4.69) is 9.44 Å². The number of benzene rings is 2. The van der Waals surface area contributed by atoms with E-state index < -0.39 is 55.3 Å². The second-order valence-electron chi connectivity index (χ2n) is 10.3. The van der Waals surface area contributed by atoms with Gasteiger partial charge in [0, 0.05) is 22.9 Å². The number of hydrogen-bond donors (Lipinski definition) is 2. The minimum atomic E-state index is -3.99. The molecule has 2 aromatic carbocycles. The van der Waals surface area contributed by atoms with Crippen molar-refractivity contribution < 1.29 is 40.3 Å². The Labute approximate surface area is 257 Å². The van der Waals surface area contributed by atoms with E-state index in [4.69, 9.17) is 32.7 Å². The van der Waals surface area contributed by atoms with Gasteiger partial charge in [0.05, 0.1) is 16.4 Å². The highest BCUT2D eigenvalue weighted by Gasteiger charge is 2.42. The van der Waals surface area contributed by atoms with Gasteiger partial charge in [0.15, 0.2) is 0 Å². The Morgan fingerprint density at radius 1 is 1.02 bits per heavy atom. The zero-order chi connectivity index (χ0) is 31.2. The summed E-state index contributed by atoms with van der Waals surface area (Å²) in [4.78, 5) is 23.4. The molecular formula is C27H37Cl2FN2O8S2. The number of cyclic esters (lactones) is 1. The van der Waals surface area contributed by atoms with E-state index in [0.29, 0.717) is 16.5 Å². The molecule has 1 aliphatic rings. The van der Waals surface area contributed by atoms with Crippen LogP contribution >= 0.6 is 23.2 Å². The molecule has 0 saturated carbocycles. The van der Waals surface area contributed by atoms with Crippen LogP contribution in [0.15, 0.2) is 58.3 Å². The van der Waals surface area contributed by atoms with Crippen molar-refractivity contribution >= 4 is 55.2 Å². The molecule has 3 rings (SSSR count). The van der Waals surface area contributed by atoms with Crippen molar-refractivity contribution in [2.45, 2.75) is 88.0 Å². The van der Waals surface area contributed by atoms with Crippen LogP contribution in [0.5, 0.6) is 0 Å². The number of nitrogens with one attached hydrogen (secondary N) is 2. The Morgan fingerprint density at radius 3 is 1.86 bits per heavy atom. The van der Waals surface area contributed by atoms with Crippen LogP contribution in [0.1, 0.15) is 54.9 Å². The number of esters is 2. The molecule has 236 valence electrons. The molecule has 1 aliphatic heterocycles. The zero-order valence-corrected chi connectivity index (χ0v) is 26.3. The number of carbonyl (C=O) groups excluding carboxylic acids is 2. The Hall–Kier alpha value is -2.29. The predicted octanol–water partition coefficient (Wildman–Crippen LogP) is 5.04. The minimum Gasteiger partial charge on any atom is -0.465 e. The van der Waals surface area contributed by atoms with E-state index >= 15 is 0 Å². The monoisotopic (exact) mass is 670 g/mol. The summed E-state index contributed by atoms with van der Waals surface area (Å²) in [5.74, 6) is -1.37. The Morgan fingerprint density at radius 2 is 1.48 bits per heavy atom. The fraction of sp³-hybridized carbons (Fsp3) is 0.481. The summed E-state index contributed by atoms with van der Waals surface area (Å²) in [6, 6.07) is 8.99. The summed E-state index contributed by atoms with van der Waals surface area (Å²) in [7, 11) is -7.74. The van der Waals surface area contributed by atoms with Gasteiger partial charge in [-0.2, -0.15) is 9.44 Å².